The van der Waals surface area contributed by atoms with E-state index in [1.807, 2.05) is 11.8 Å². The third kappa shape index (κ3) is 2.49. The van der Waals surface area contributed by atoms with Gasteiger partial charge in [-0.3, -0.25) is 4.79 Å². The molecule has 0 bridgehead atoms. The van der Waals surface area contributed by atoms with E-state index in [4.69, 9.17) is 0 Å². The zero-order valence-corrected chi connectivity index (χ0v) is 14.5. The Labute approximate surface area is 149 Å². The first-order valence-corrected chi connectivity index (χ1v) is 8.95. The number of carboxylic acid groups (broad SMARTS) is 1. The number of aromatic carboxylic acids is 1. The van der Waals surface area contributed by atoms with Crippen LogP contribution >= 0.6 is 0 Å². The minimum atomic E-state index is -1.30. The Bertz CT molecular complexity index is 968. The Morgan fingerprint density at radius 1 is 1.35 bits per heavy atom. The van der Waals surface area contributed by atoms with Crippen molar-refractivity contribution >= 4 is 22.6 Å². The van der Waals surface area contributed by atoms with Crippen LogP contribution in [0, 0.1) is 5.82 Å². The Kier molecular flexibility index (Phi) is 3.99. The predicted molar refractivity (Wildman–Crippen MR) is 95.6 cm³/mol. The smallest absolute Gasteiger partial charge is 0.341 e. The van der Waals surface area contributed by atoms with E-state index in [9.17, 15) is 19.8 Å². The molecule has 1 aromatic carbocycles. The molecule has 0 amide bonds. The summed E-state index contributed by atoms with van der Waals surface area (Å²) in [6.07, 6.45) is 3.71. The number of halogens is 1. The molecule has 0 radical (unpaired) electrons. The molecule has 0 unspecified atom stereocenters. The Balaban J connectivity index is 2.03. The molecule has 1 aromatic heterocycles. The maximum absolute atomic E-state index is 15.0. The zero-order valence-electron chi connectivity index (χ0n) is 14.5. The lowest BCUT2D eigenvalue weighted by atomic mass is 9.93. The number of aliphatic hydroxyl groups is 1. The summed E-state index contributed by atoms with van der Waals surface area (Å²) in [5, 5.41) is 19.4. The molecule has 2 N–H and O–H groups in total. The number of rotatable bonds is 2. The number of pyridine rings is 1. The highest BCUT2D eigenvalue weighted by Gasteiger charge is 2.30. The van der Waals surface area contributed by atoms with Gasteiger partial charge in [-0.2, -0.15) is 0 Å². The van der Waals surface area contributed by atoms with Crippen molar-refractivity contribution < 1.29 is 19.4 Å². The fraction of sp³-hybridized carbons (Fsp3) is 0.474. The van der Waals surface area contributed by atoms with Gasteiger partial charge in [-0.15, -0.1) is 0 Å². The number of hydrogen-bond acceptors (Lipinski definition) is 4. The number of carboxylic acids is 1. The fourth-order valence-corrected chi connectivity index (χ4v) is 4.29. The second kappa shape index (κ2) is 6.09. The van der Waals surface area contributed by atoms with Gasteiger partial charge in [0.2, 0.25) is 5.43 Å². The second-order valence-corrected chi connectivity index (χ2v) is 7.30. The number of piperidine rings is 1. The number of benzene rings is 1. The van der Waals surface area contributed by atoms with Crippen LogP contribution in [0.3, 0.4) is 0 Å². The van der Waals surface area contributed by atoms with E-state index < -0.39 is 23.3 Å². The molecule has 2 atom stereocenters. The maximum atomic E-state index is 15.0. The summed E-state index contributed by atoms with van der Waals surface area (Å²) in [6, 6.07) is 1.19. The molecule has 1 fully saturated rings. The summed E-state index contributed by atoms with van der Waals surface area (Å²) in [7, 11) is 0. The van der Waals surface area contributed by atoms with Gasteiger partial charge in [-0.05, 0) is 38.7 Å². The van der Waals surface area contributed by atoms with Crippen LogP contribution in [0.1, 0.15) is 48.1 Å². The standard InChI is InChI=1S/C19H21FN2O4/c1-10-4-5-12-16-13(18(24)14(19(25)26)9-22(10)16)7-15(20)17(12)21-6-2-3-11(23)8-21/h7,9-11,23H,2-6,8H2,1H3,(H,25,26)/t10-,11+/m0/s1. The van der Waals surface area contributed by atoms with Crippen LogP contribution < -0.4 is 10.3 Å². The summed E-state index contributed by atoms with van der Waals surface area (Å²) >= 11 is 0. The van der Waals surface area contributed by atoms with Crippen molar-refractivity contribution in [2.24, 2.45) is 0 Å². The van der Waals surface area contributed by atoms with E-state index in [2.05, 4.69) is 0 Å². The van der Waals surface area contributed by atoms with Crippen molar-refractivity contribution in [3.8, 4) is 0 Å². The van der Waals surface area contributed by atoms with Gasteiger partial charge in [0.15, 0.2) is 0 Å². The molecule has 0 aliphatic carbocycles. The van der Waals surface area contributed by atoms with Crippen molar-refractivity contribution in [2.45, 2.75) is 44.8 Å². The average molecular weight is 360 g/mol. The van der Waals surface area contributed by atoms with Crippen molar-refractivity contribution in [2.75, 3.05) is 18.0 Å². The van der Waals surface area contributed by atoms with Crippen LogP contribution in [0.25, 0.3) is 10.9 Å². The average Bonchev–Trinajstić information content (AvgIpc) is 2.59. The third-order valence-electron chi connectivity index (χ3n) is 5.57. The zero-order chi connectivity index (χ0) is 18.6. The molecule has 0 saturated carbocycles. The van der Waals surface area contributed by atoms with E-state index >= 15 is 4.39 Å². The van der Waals surface area contributed by atoms with Gasteiger partial charge < -0.3 is 19.7 Å². The molecule has 3 heterocycles. The van der Waals surface area contributed by atoms with Gasteiger partial charge >= 0.3 is 5.97 Å². The van der Waals surface area contributed by atoms with E-state index in [0.29, 0.717) is 37.1 Å². The highest BCUT2D eigenvalue weighted by atomic mass is 19.1. The molecule has 26 heavy (non-hydrogen) atoms. The van der Waals surface area contributed by atoms with Gasteiger partial charge in [-0.1, -0.05) is 0 Å². The Morgan fingerprint density at radius 2 is 2.12 bits per heavy atom. The van der Waals surface area contributed by atoms with Crippen molar-refractivity contribution in [3.63, 3.8) is 0 Å². The third-order valence-corrected chi connectivity index (χ3v) is 5.57. The minimum Gasteiger partial charge on any atom is -0.477 e. The topological polar surface area (TPSA) is 82.8 Å². The van der Waals surface area contributed by atoms with Crippen LogP contribution in [-0.2, 0) is 6.42 Å². The highest BCUT2D eigenvalue weighted by Crippen LogP contribution is 2.38. The Morgan fingerprint density at radius 3 is 2.81 bits per heavy atom. The largest absolute Gasteiger partial charge is 0.477 e. The van der Waals surface area contributed by atoms with E-state index in [1.165, 1.54) is 12.3 Å². The summed E-state index contributed by atoms with van der Waals surface area (Å²) in [6.45, 7) is 2.98. The molecule has 4 rings (SSSR count). The number of nitrogens with zero attached hydrogens (tertiary/aromatic N) is 2. The molecule has 138 valence electrons. The number of aliphatic hydroxyl groups excluding tert-OH is 1. The lowest BCUT2D eigenvalue weighted by molar-refractivity contribution is 0.0694. The van der Waals surface area contributed by atoms with Gasteiger partial charge in [0.05, 0.1) is 17.3 Å². The van der Waals surface area contributed by atoms with Crippen LogP contribution in [0.5, 0.6) is 0 Å². The Hall–Kier alpha value is -2.41. The number of aryl methyl sites for hydroxylation is 1. The summed E-state index contributed by atoms with van der Waals surface area (Å²) < 4.78 is 16.8. The lowest BCUT2D eigenvalue weighted by Crippen LogP contribution is -2.39. The van der Waals surface area contributed by atoms with Gasteiger partial charge in [0.1, 0.15) is 11.4 Å². The molecule has 0 spiro atoms. The number of hydrogen-bond donors (Lipinski definition) is 2. The van der Waals surface area contributed by atoms with E-state index in [0.717, 1.165) is 18.4 Å². The highest BCUT2D eigenvalue weighted by molar-refractivity contribution is 5.95. The van der Waals surface area contributed by atoms with Crippen LogP contribution in [0.2, 0.25) is 0 Å². The quantitative estimate of drug-likeness (QED) is 0.859. The van der Waals surface area contributed by atoms with Crippen LogP contribution in [0.15, 0.2) is 17.1 Å². The predicted octanol–water partition coefficient (Wildman–Crippen LogP) is 2.31. The van der Waals surface area contributed by atoms with Gasteiger partial charge in [-0.25, -0.2) is 9.18 Å². The molecular weight excluding hydrogens is 339 g/mol. The van der Waals surface area contributed by atoms with Crippen molar-refractivity contribution in [1.82, 2.24) is 4.57 Å². The first kappa shape index (κ1) is 17.0. The monoisotopic (exact) mass is 360 g/mol. The number of carbonyl (C=O) groups is 1. The van der Waals surface area contributed by atoms with Gasteiger partial charge in [0.25, 0.3) is 0 Å². The summed E-state index contributed by atoms with van der Waals surface area (Å²) in [5.41, 5.74) is 0.816. The molecule has 1 saturated heterocycles. The molecule has 7 heteroatoms. The summed E-state index contributed by atoms with van der Waals surface area (Å²) in [4.78, 5) is 25.9. The number of anilines is 1. The molecule has 2 aliphatic heterocycles. The normalized spacial score (nSPS) is 22.7. The molecule has 2 aliphatic rings. The minimum absolute atomic E-state index is 0.0222. The number of β-amino-alcohol motifs (C(OH)–C–C–N with tert-alkyl or cyclic N) is 1. The van der Waals surface area contributed by atoms with Crippen molar-refractivity contribution in [3.05, 3.63) is 39.4 Å². The van der Waals surface area contributed by atoms with Crippen LogP contribution in [0.4, 0.5) is 10.1 Å². The first-order valence-electron chi connectivity index (χ1n) is 8.95. The van der Waals surface area contributed by atoms with Crippen LogP contribution in [-0.4, -0.2) is 39.9 Å². The summed E-state index contributed by atoms with van der Waals surface area (Å²) in [5.74, 6) is -1.83. The van der Waals surface area contributed by atoms with E-state index in [-0.39, 0.29) is 17.0 Å². The molecule has 6 nitrogen and oxygen atoms in total. The molecular formula is C19H21FN2O4. The van der Waals surface area contributed by atoms with E-state index in [1.54, 1.807) is 4.57 Å². The second-order valence-electron chi connectivity index (χ2n) is 7.30. The fourth-order valence-electron chi connectivity index (χ4n) is 4.29. The van der Waals surface area contributed by atoms with Crippen molar-refractivity contribution in [1.29, 1.82) is 0 Å². The lowest BCUT2D eigenvalue weighted by Gasteiger charge is -2.36. The first-order chi connectivity index (χ1) is 12.4. The van der Waals surface area contributed by atoms with Gasteiger partial charge in [0, 0.05) is 36.3 Å². The molecule has 2 aromatic rings. The maximum Gasteiger partial charge on any atom is 0.341 e. The number of aromatic nitrogens is 1. The SMILES string of the molecule is C[C@H]1CCc2c(N3CCC[C@@H](O)C3)c(F)cc3c(=O)c(C(=O)O)cn1c23.